The summed E-state index contributed by atoms with van der Waals surface area (Å²) in [5.41, 5.74) is -1.11. The minimum atomic E-state index is -1.40. The van der Waals surface area contributed by atoms with Crippen LogP contribution in [0.15, 0.2) is 17.1 Å². The number of piperazine rings is 1. The second-order valence-electron chi connectivity index (χ2n) is 5.50. The summed E-state index contributed by atoms with van der Waals surface area (Å²) in [7, 11) is 0. The molecule has 0 aliphatic carbocycles. The molecule has 24 heavy (non-hydrogen) atoms. The quantitative estimate of drug-likeness (QED) is 0.699. The molecule has 8 nitrogen and oxygen atoms in total. The van der Waals surface area contributed by atoms with Gasteiger partial charge in [0, 0.05) is 38.9 Å². The molecule has 2 aromatic rings. The molecular formula is C15H17FN4O4. The molecule has 0 saturated carbocycles. The number of aromatic carboxylic acids is 1. The molecular weight excluding hydrogens is 319 g/mol. The van der Waals surface area contributed by atoms with E-state index in [-0.39, 0.29) is 30.0 Å². The van der Waals surface area contributed by atoms with Crippen LogP contribution < -0.4 is 15.6 Å². The second kappa shape index (κ2) is 6.54. The zero-order chi connectivity index (χ0) is 17.3. The molecule has 128 valence electrons. The van der Waals surface area contributed by atoms with Crippen molar-refractivity contribution >= 4 is 22.8 Å². The maximum Gasteiger partial charge on any atom is 0.341 e. The molecule has 1 aliphatic rings. The number of halogens is 1. The molecule has 0 aromatic carbocycles. The number of aliphatic hydroxyl groups is 1. The summed E-state index contributed by atoms with van der Waals surface area (Å²) in [5, 5.41) is 21.4. The molecule has 1 saturated heterocycles. The number of hydrogen-bond acceptors (Lipinski definition) is 6. The zero-order valence-corrected chi connectivity index (χ0v) is 12.8. The Balaban J connectivity index is 2.24. The molecule has 0 radical (unpaired) electrons. The van der Waals surface area contributed by atoms with Gasteiger partial charge in [-0.25, -0.2) is 14.2 Å². The van der Waals surface area contributed by atoms with E-state index in [1.807, 2.05) is 0 Å². The predicted octanol–water partition coefficient (Wildman–Crippen LogP) is -0.364. The summed E-state index contributed by atoms with van der Waals surface area (Å²) in [4.78, 5) is 29.5. The minimum Gasteiger partial charge on any atom is -0.477 e. The number of rotatable bonds is 4. The highest BCUT2D eigenvalue weighted by Gasteiger charge is 2.21. The molecule has 3 N–H and O–H groups in total. The van der Waals surface area contributed by atoms with Gasteiger partial charge in [-0.05, 0) is 6.07 Å². The van der Waals surface area contributed by atoms with E-state index in [2.05, 4.69) is 10.3 Å². The van der Waals surface area contributed by atoms with Crippen molar-refractivity contribution < 1.29 is 19.4 Å². The topological polar surface area (TPSA) is 108 Å². The van der Waals surface area contributed by atoms with Crippen molar-refractivity contribution in [2.75, 3.05) is 37.7 Å². The maximum atomic E-state index is 14.5. The molecule has 0 unspecified atom stereocenters. The van der Waals surface area contributed by atoms with Crippen molar-refractivity contribution in [2.45, 2.75) is 6.54 Å². The van der Waals surface area contributed by atoms with E-state index in [0.717, 1.165) is 12.3 Å². The third-order valence-electron chi connectivity index (χ3n) is 3.97. The van der Waals surface area contributed by atoms with Gasteiger partial charge in [0.25, 0.3) is 0 Å². The molecule has 3 heterocycles. The van der Waals surface area contributed by atoms with Gasteiger partial charge in [-0.15, -0.1) is 0 Å². The lowest BCUT2D eigenvalue weighted by Crippen LogP contribution is -2.44. The van der Waals surface area contributed by atoms with Gasteiger partial charge >= 0.3 is 5.97 Å². The van der Waals surface area contributed by atoms with E-state index in [9.17, 15) is 19.1 Å². The summed E-state index contributed by atoms with van der Waals surface area (Å²) >= 11 is 0. The van der Waals surface area contributed by atoms with Gasteiger partial charge in [0.05, 0.1) is 12.0 Å². The van der Waals surface area contributed by atoms with Crippen molar-refractivity contribution in [1.29, 1.82) is 0 Å². The van der Waals surface area contributed by atoms with E-state index < -0.39 is 22.8 Å². The van der Waals surface area contributed by atoms with Gasteiger partial charge in [0.2, 0.25) is 5.43 Å². The highest BCUT2D eigenvalue weighted by molar-refractivity contribution is 5.92. The summed E-state index contributed by atoms with van der Waals surface area (Å²) in [6, 6.07) is 1.03. The Labute approximate surface area is 136 Å². The Hall–Kier alpha value is -2.52. The summed E-state index contributed by atoms with van der Waals surface area (Å²) < 4.78 is 15.8. The predicted molar refractivity (Wildman–Crippen MR) is 85.1 cm³/mol. The van der Waals surface area contributed by atoms with Crippen LogP contribution >= 0.6 is 0 Å². The monoisotopic (exact) mass is 336 g/mol. The van der Waals surface area contributed by atoms with E-state index in [1.165, 1.54) is 4.57 Å². The number of pyridine rings is 2. The molecule has 3 rings (SSSR count). The Bertz CT molecular complexity index is 845. The standard InChI is InChI=1S/C15H17FN4O4/c16-11-7-9-12(22)10(15(23)24)8-20(5-6-21)13(9)18-14(11)19-3-1-17-2-4-19/h7-8,17,21H,1-6H2,(H,23,24). The number of carboxylic acids is 1. The molecule has 9 heteroatoms. The van der Waals surface area contributed by atoms with Gasteiger partial charge < -0.3 is 25.0 Å². The van der Waals surface area contributed by atoms with Crippen molar-refractivity contribution in [3.8, 4) is 0 Å². The smallest absolute Gasteiger partial charge is 0.341 e. The highest BCUT2D eigenvalue weighted by Crippen LogP contribution is 2.21. The van der Waals surface area contributed by atoms with E-state index >= 15 is 0 Å². The Morgan fingerprint density at radius 1 is 1.38 bits per heavy atom. The van der Waals surface area contributed by atoms with Crippen LogP contribution in [0.25, 0.3) is 11.0 Å². The fraction of sp³-hybridized carbons (Fsp3) is 0.400. The highest BCUT2D eigenvalue weighted by atomic mass is 19.1. The van der Waals surface area contributed by atoms with Gasteiger partial charge in [0.15, 0.2) is 11.6 Å². The minimum absolute atomic E-state index is 0.0523. The summed E-state index contributed by atoms with van der Waals surface area (Å²) in [6.07, 6.45) is 1.13. The third kappa shape index (κ3) is 2.83. The van der Waals surface area contributed by atoms with Gasteiger partial charge in [-0.2, -0.15) is 0 Å². The van der Waals surface area contributed by atoms with Gasteiger partial charge in [0.1, 0.15) is 11.2 Å². The second-order valence-corrected chi connectivity index (χ2v) is 5.50. The van der Waals surface area contributed by atoms with Gasteiger partial charge in [-0.1, -0.05) is 0 Å². The number of aliphatic hydroxyl groups excluding tert-OH is 1. The van der Waals surface area contributed by atoms with Crippen LogP contribution in [0.4, 0.5) is 10.2 Å². The molecule has 2 aromatic heterocycles. The largest absolute Gasteiger partial charge is 0.477 e. The summed E-state index contributed by atoms with van der Waals surface area (Å²) in [6.45, 7) is 2.33. The zero-order valence-electron chi connectivity index (χ0n) is 12.8. The van der Waals surface area contributed by atoms with Gasteiger partial charge in [-0.3, -0.25) is 4.79 Å². The molecule has 0 spiro atoms. The number of carbonyl (C=O) groups is 1. The first kappa shape index (κ1) is 16.3. The van der Waals surface area contributed by atoms with Crippen molar-refractivity contribution in [3.05, 3.63) is 33.9 Å². The van der Waals surface area contributed by atoms with Crippen LogP contribution in [-0.2, 0) is 6.54 Å². The first-order valence-corrected chi connectivity index (χ1v) is 7.56. The van der Waals surface area contributed by atoms with E-state index in [4.69, 9.17) is 5.11 Å². The summed E-state index contributed by atoms with van der Waals surface area (Å²) in [5.74, 6) is -1.95. The Kier molecular flexibility index (Phi) is 4.45. The van der Waals surface area contributed by atoms with Crippen molar-refractivity contribution in [1.82, 2.24) is 14.9 Å². The first-order chi connectivity index (χ1) is 11.5. The number of anilines is 1. The SMILES string of the molecule is O=C(O)c1cn(CCO)c2nc(N3CCNCC3)c(F)cc2c1=O. The van der Waals surface area contributed by atoms with Crippen molar-refractivity contribution in [3.63, 3.8) is 0 Å². The fourth-order valence-corrected chi connectivity index (χ4v) is 2.81. The fourth-order valence-electron chi connectivity index (χ4n) is 2.81. The van der Waals surface area contributed by atoms with Crippen LogP contribution in [-0.4, -0.2) is 58.5 Å². The number of fused-ring (bicyclic) bond motifs is 1. The lowest BCUT2D eigenvalue weighted by molar-refractivity contribution is 0.0694. The van der Waals surface area contributed by atoms with Crippen LogP contribution in [0, 0.1) is 5.82 Å². The lowest BCUT2D eigenvalue weighted by atomic mass is 10.2. The molecule has 0 atom stereocenters. The molecule has 1 aliphatic heterocycles. The van der Waals surface area contributed by atoms with E-state index in [1.54, 1.807) is 4.90 Å². The third-order valence-corrected chi connectivity index (χ3v) is 3.97. The van der Waals surface area contributed by atoms with Crippen LogP contribution in [0.3, 0.4) is 0 Å². The maximum absolute atomic E-state index is 14.5. The number of carboxylic acid groups (broad SMARTS) is 1. The van der Waals surface area contributed by atoms with Crippen LogP contribution in [0.1, 0.15) is 10.4 Å². The van der Waals surface area contributed by atoms with E-state index in [0.29, 0.717) is 26.2 Å². The number of hydrogen-bond donors (Lipinski definition) is 3. The van der Waals surface area contributed by atoms with Crippen LogP contribution in [0.2, 0.25) is 0 Å². The molecule has 1 fully saturated rings. The number of nitrogens with zero attached hydrogens (tertiary/aromatic N) is 3. The lowest BCUT2D eigenvalue weighted by Gasteiger charge is -2.29. The Morgan fingerprint density at radius 3 is 2.71 bits per heavy atom. The number of nitrogens with one attached hydrogen (secondary N) is 1. The molecule has 0 amide bonds. The average Bonchev–Trinajstić information content (AvgIpc) is 2.57. The number of aromatic nitrogens is 2. The van der Waals surface area contributed by atoms with Crippen LogP contribution in [0.5, 0.6) is 0 Å². The Morgan fingerprint density at radius 2 is 2.08 bits per heavy atom. The normalized spacial score (nSPS) is 15.0. The van der Waals surface area contributed by atoms with Crippen molar-refractivity contribution in [2.24, 2.45) is 0 Å². The average molecular weight is 336 g/mol. The first-order valence-electron chi connectivity index (χ1n) is 7.56. The molecule has 0 bridgehead atoms.